The molecule has 0 aliphatic carbocycles. The van der Waals surface area contributed by atoms with E-state index in [4.69, 9.17) is 5.73 Å². The van der Waals surface area contributed by atoms with Gasteiger partial charge in [0.05, 0.1) is 5.75 Å². The van der Waals surface area contributed by atoms with E-state index in [-0.39, 0.29) is 17.7 Å². The van der Waals surface area contributed by atoms with Gasteiger partial charge in [0.1, 0.15) is 0 Å². The highest BCUT2D eigenvalue weighted by atomic mass is 32.2. The molecule has 0 aromatic heterocycles. The molecule has 0 radical (unpaired) electrons. The average Bonchev–Trinajstić information content (AvgIpc) is 2.25. The number of carbonyl (C=O) groups excluding carboxylic acids is 1. The molecule has 5 nitrogen and oxygen atoms in total. The van der Waals surface area contributed by atoms with Crippen LogP contribution < -0.4 is 11.1 Å². The number of benzene rings is 1. The van der Waals surface area contributed by atoms with Crippen LogP contribution in [0.3, 0.4) is 0 Å². The van der Waals surface area contributed by atoms with Crippen LogP contribution in [0.15, 0.2) is 24.3 Å². The van der Waals surface area contributed by atoms with Crippen molar-refractivity contribution in [2.75, 3.05) is 6.26 Å². The lowest BCUT2D eigenvalue weighted by Gasteiger charge is -2.08. The fourth-order valence-corrected chi connectivity index (χ4v) is 2.42. The van der Waals surface area contributed by atoms with Gasteiger partial charge in [0.15, 0.2) is 9.84 Å². The van der Waals surface area contributed by atoms with Crippen molar-refractivity contribution in [2.24, 2.45) is 5.73 Å². The molecular weight excluding hydrogens is 264 g/mol. The Balaban J connectivity index is 2.51. The van der Waals surface area contributed by atoms with E-state index in [2.05, 4.69) is 5.32 Å². The van der Waals surface area contributed by atoms with Crippen LogP contribution in [0.25, 0.3) is 0 Å². The summed E-state index contributed by atoms with van der Waals surface area (Å²) in [6.07, 6.45) is 1.50. The zero-order valence-electron chi connectivity index (χ0n) is 11.2. The van der Waals surface area contributed by atoms with Crippen molar-refractivity contribution in [3.8, 4) is 0 Å². The molecule has 6 heteroatoms. The third kappa shape index (κ3) is 6.93. The standard InChI is InChI=1S/C13H20N2O3S/c1-10(14)7-13(16)15-8-11-3-5-12(6-4-11)9-19(2,17)18/h3-6,10H,7-9,14H2,1-2H3,(H,15,16). The van der Waals surface area contributed by atoms with Gasteiger partial charge in [0.2, 0.25) is 5.91 Å². The molecule has 106 valence electrons. The van der Waals surface area contributed by atoms with Gasteiger partial charge in [0, 0.05) is 25.3 Å². The minimum atomic E-state index is -3.01. The molecule has 0 spiro atoms. The Morgan fingerprint density at radius 1 is 1.26 bits per heavy atom. The van der Waals surface area contributed by atoms with E-state index in [0.29, 0.717) is 13.0 Å². The van der Waals surface area contributed by atoms with Crippen molar-refractivity contribution in [1.82, 2.24) is 5.32 Å². The minimum absolute atomic E-state index is 0.0321. The molecule has 1 amide bonds. The van der Waals surface area contributed by atoms with E-state index in [1.807, 2.05) is 12.1 Å². The highest BCUT2D eigenvalue weighted by Crippen LogP contribution is 2.07. The van der Waals surface area contributed by atoms with Crippen LogP contribution in [0.5, 0.6) is 0 Å². The lowest BCUT2D eigenvalue weighted by molar-refractivity contribution is -0.121. The first-order valence-corrected chi connectivity index (χ1v) is 8.10. The predicted molar refractivity (Wildman–Crippen MR) is 75.1 cm³/mol. The Labute approximate surface area is 114 Å². The topological polar surface area (TPSA) is 89.3 Å². The van der Waals surface area contributed by atoms with Gasteiger partial charge in [-0.25, -0.2) is 8.42 Å². The smallest absolute Gasteiger partial charge is 0.221 e. The third-order valence-corrected chi connectivity index (χ3v) is 3.31. The molecule has 0 aliphatic heterocycles. The summed E-state index contributed by atoms with van der Waals surface area (Å²) in [5, 5.41) is 2.76. The SMILES string of the molecule is CC(N)CC(=O)NCc1ccc(CS(C)(=O)=O)cc1. The van der Waals surface area contributed by atoms with E-state index < -0.39 is 9.84 Å². The second-order valence-corrected chi connectivity index (χ2v) is 6.98. The van der Waals surface area contributed by atoms with Gasteiger partial charge in [-0.05, 0) is 18.1 Å². The van der Waals surface area contributed by atoms with Crippen LogP contribution in [-0.2, 0) is 26.9 Å². The third-order valence-electron chi connectivity index (χ3n) is 2.45. The van der Waals surface area contributed by atoms with Crippen molar-refractivity contribution in [3.05, 3.63) is 35.4 Å². The first kappa shape index (κ1) is 15.7. The normalized spacial score (nSPS) is 13.0. The minimum Gasteiger partial charge on any atom is -0.352 e. The van der Waals surface area contributed by atoms with E-state index >= 15 is 0 Å². The van der Waals surface area contributed by atoms with Gasteiger partial charge in [-0.3, -0.25) is 4.79 Å². The molecule has 1 aromatic rings. The van der Waals surface area contributed by atoms with Gasteiger partial charge in [0.25, 0.3) is 0 Å². The molecule has 0 bridgehead atoms. The summed E-state index contributed by atoms with van der Waals surface area (Å²) in [6, 6.07) is 6.98. The fourth-order valence-electron chi connectivity index (χ4n) is 1.62. The molecule has 1 unspecified atom stereocenters. The monoisotopic (exact) mass is 284 g/mol. The molecular formula is C13H20N2O3S. The van der Waals surface area contributed by atoms with Gasteiger partial charge < -0.3 is 11.1 Å². The first-order valence-electron chi connectivity index (χ1n) is 6.04. The zero-order valence-corrected chi connectivity index (χ0v) is 12.0. The average molecular weight is 284 g/mol. The Morgan fingerprint density at radius 2 is 1.79 bits per heavy atom. The molecule has 0 fully saturated rings. The summed E-state index contributed by atoms with van der Waals surface area (Å²) in [4.78, 5) is 11.4. The highest BCUT2D eigenvalue weighted by molar-refractivity contribution is 7.89. The molecule has 0 aliphatic rings. The van der Waals surface area contributed by atoms with Gasteiger partial charge >= 0.3 is 0 Å². The number of sulfone groups is 1. The number of hydrogen-bond donors (Lipinski definition) is 2. The second-order valence-electron chi connectivity index (χ2n) is 4.84. The van der Waals surface area contributed by atoms with E-state index in [9.17, 15) is 13.2 Å². The summed E-state index contributed by atoms with van der Waals surface area (Å²) < 4.78 is 22.3. The van der Waals surface area contributed by atoms with Crippen LogP contribution in [-0.4, -0.2) is 26.6 Å². The van der Waals surface area contributed by atoms with E-state index in [1.54, 1.807) is 19.1 Å². The maximum Gasteiger partial charge on any atom is 0.221 e. The largest absolute Gasteiger partial charge is 0.352 e. The number of nitrogens with one attached hydrogen (secondary N) is 1. The lowest BCUT2D eigenvalue weighted by atomic mass is 10.1. The quantitative estimate of drug-likeness (QED) is 0.800. The van der Waals surface area contributed by atoms with Gasteiger partial charge in [-0.2, -0.15) is 0 Å². The van der Waals surface area contributed by atoms with Crippen LogP contribution >= 0.6 is 0 Å². The molecule has 1 atom stereocenters. The fraction of sp³-hybridized carbons (Fsp3) is 0.462. The Kier molecular flexibility index (Phi) is 5.50. The zero-order chi connectivity index (χ0) is 14.5. The number of hydrogen-bond acceptors (Lipinski definition) is 4. The van der Waals surface area contributed by atoms with Crippen molar-refractivity contribution < 1.29 is 13.2 Å². The lowest BCUT2D eigenvalue weighted by Crippen LogP contribution is -2.29. The number of amides is 1. The molecule has 19 heavy (non-hydrogen) atoms. The first-order chi connectivity index (χ1) is 8.76. The molecule has 1 rings (SSSR count). The molecule has 0 heterocycles. The van der Waals surface area contributed by atoms with Crippen LogP contribution in [0.4, 0.5) is 0 Å². The number of rotatable bonds is 6. The molecule has 3 N–H and O–H groups in total. The van der Waals surface area contributed by atoms with Crippen LogP contribution in [0.1, 0.15) is 24.5 Å². The van der Waals surface area contributed by atoms with Crippen LogP contribution in [0, 0.1) is 0 Å². The maximum atomic E-state index is 11.4. The molecule has 0 saturated heterocycles. The Bertz CT molecular complexity index is 521. The Hall–Kier alpha value is -1.40. The summed E-state index contributed by atoms with van der Waals surface area (Å²) in [5.41, 5.74) is 7.19. The number of nitrogens with two attached hydrogens (primary N) is 1. The predicted octanol–water partition coefficient (Wildman–Crippen LogP) is 0.585. The van der Waals surface area contributed by atoms with Gasteiger partial charge in [-0.15, -0.1) is 0 Å². The second kappa shape index (κ2) is 6.68. The molecule has 1 aromatic carbocycles. The van der Waals surface area contributed by atoms with Crippen molar-refractivity contribution in [3.63, 3.8) is 0 Å². The van der Waals surface area contributed by atoms with Crippen molar-refractivity contribution in [1.29, 1.82) is 0 Å². The summed E-state index contributed by atoms with van der Waals surface area (Å²) >= 11 is 0. The molecule has 0 saturated carbocycles. The summed E-state index contributed by atoms with van der Waals surface area (Å²) in [6.45, 7) is 2.20. The van der Waals surface area contributed by atoms with Crippen molar-refractivity contribution in [2.45, 2.75) is 31.7 Å². The Morgan fingerprint density at radius 3 is 2.26 bits per heavy atom. The van der Waals surface area contributed by atoms with E-state index in [0.717, 1.165) is 11.1 Å². The summed E-state index contributed by atoms with van der Waals surface area (Å²) in [7, 11) is -3.01. The van der Waals surface area contributed by atoms with Crippen LogP contribution in [0.2, 0.25) is 0 Å². The number of carbonyl (C=O) groups is 1. The highest BCUT2D eigenvalue weighted by Gasteiger charge is 2.06. The van der Waals surface area contributed by atoms with Crippen molar-refractivity contribution >= 4 is 15.7 Å². The summed E-state index contributed by atoms with van der Waals surface area (Å²) in [5.74, 6) is -0.0557. The maximum absolute atomic E-state index is 11.4. The van der Waals surface area contributed by atoms with Gasteiger partial charge in [-0.1, -0.05) is 24.3 Å². The van der Waals surface area contributed by atoms with E-state index in [1.165, 1.54) is 6.26 Å².